The molecule has 1 aromatic carbocycles. The molecule has 0 spiro atoms. The number of piperidine rings is 1. The minimum absolute atomic E-state index is 0.0868. The van der Waals surface area contributed by atoms with Crippen molar-refractivity contribution in [3.8, 4) is 23.4 Å². The van der Waals surface area contributed by atoms with Crippen molar-refractivity contribution in [3.63, 3.8) is 0 Å². The lowest BCUT2D eigenvalue weighted by atomic mass is 10.1. The molecule has 2 aliphatic heterocycles. The van der Waals surface area contributed by atoms with Crippen LogP contribution in [-0.2, 0) is 0 Å². The third-order valence-corrected chi connectivity index (χ3v) is 4.33. The Balaban J connectivity index is 1.46. The Bertz CT molecular complexity index is 880. The first-order valence-electron chi connectivity index (χ1n) is 8.31. The molecule has 2 aromatic rings. The lowest BCUT2D eigenvalue weighted by Gasteiger charge is -2.32. The molecule has 8 heteroatoms. The molecule has 1 aromatic heterocycles. The van der Waals surface area contributed by atoms with Crippen molar-refractivity contribution in [2.45, 2.75) is 18.9 Å². The predicted molar refractivity (Wildman–Crippen MR) is 88.9 cm³/mol. The molecule has 1 saturated heterocycles. The van der Waals surface area contributed by atoms with Crippen LogP contribution in [0.1, 0.15) is 28.9 Å². The Morgan fingerprint density at radius 1 is 1.27 bits per heavy atom. The number of benzene rings is 1. The highest BCUT2D eigenvalue weighted by Gasteiger charge is 2.27. The van der Waals surface area contributed by atoms with Crippen molar-refractivity contribution < 1.29 is 19.0 Å². The molecule has 0 radical (unpaired) electrons. The van der Waals surface area contributed by atoms with Crippen LogP contribution in [0.15, 0.2) is 30.6 Å². The van der Waals surface area contributed by atoms with Gasteiger partial charge in [-0.1, -0.05) is 0 Å². The van der Waals surface area contributed by atoms with Crippen LogP contribution >= 0.6 is 0 Å². The first-order valence-corrected chi connectivity index (χ1v) is 8.31. The Labute approximate surface area is 149 Å². The van der Waals surface area contributed by atoms with Gasteiger partial charge in [0.15, 0.2) is 11.5 Å². The van der Waals surface area contributed by atoms with Crippen molar-refractivity contribution >= 4 is 5.91 Å². The van der Waals surface area contributed by atoms with E-state index in [1.807, 2.05) is 6.07 Å². The molecule has 4 rings (SSSR count). The molecule has 3 heterocycles. The lowest BCUT2D eigenvalue weighted by molar-refractivity contribution is 0.0526. The number of aromatic nitrogens is 2. The van der Waals surface area contributed by atoms with Crippen molar-refractivity contribution in [2.75, 3.05) is 19.9 Å². The van der Waals surface area contributed by atoms with Crippen LogP contribution in [-0.4, -0.2) is 46.8 Å². The van der Waals surface area contributed by atoms with Gasteiger partial charge in [0.2, 0.25) is 12.5 Å². The summed E-state index contributed by atoms with van der Waals surface area (Å²) in [7, 11) is 0. The van der Waals surface area contributed by atoms with Crippen LogP contribution in [0.25, 0.3) is 0 Å². The Morgan fingerprint density at radius 3 is 3.00 bits per heavy atom. The number of amides is 1. The van der Waals surface area contributed by atoms with Gasteiger partial charge >= 0.3 is 0 Å². The first-order chi connectivity index (χ1) is 12.7. The van der Waals surface area contributed by atoms with Crippen molar-refractivity contribution in [2.24, 2.45) is 0 Å². The number of nitriles is 1. The predicted octanol–water partition coefficient (Wildman–Crippen LogP) is 1.76. The van der Waals surface area contributed by atoms with E-state index < -0.39 is 0 Å². The molecular formula is C18H16N4O4. The Kier molecular flexibility index (Phi) is 4.27. The summed E-state index contributed by atoms with van der Waals surface area (Å²) in [6, 6.07) is 7.14. The van der Waals surface area contributed by atoms with E-state index in [1.165, 1.54) is 12.4 Å². The quantitative estimate of drug-likeness (QED) is 0.830. The maximum atomic E-state index is 12.8. The third kappa shape index (κ3) is 3.11. The Hall–Kier alpha value is -3.34. The van der Waals surface area contributed by atoms with Crippen LogP contribution < -0.4 is 14.2 Å². The van der Waals surface area contributed by atoms with Gasteiger partial charge in [-0.05, 0) is 31.0 Å². The first kappa shape index (κ1) is 16.1. The summed E-state index contributed by atoms with van der Waals surface area (Å²) in [5.74, 6) is 1.35. The number of fused-ring (bicyclic) bond motifs is 1. The van der Waals surface area contributed by atoms with Gasteiger partial charge in [-0.2, -0.15) is 5.26 Å². The second-order valence-corrected chi connectivity index (χ2v) is 6.02. The molecule has 0 saturated carbocycles. The van der Waals surface area contributed by atoms with E-state index in [2.05, 4.69) is 9.97 Å². The smallest absolute Gasteiger partial charge is 0.254 e. The summed E-state index contributed by atoms with van der Waals surface area (Å²) in [6.45, 7) is 1.25. The molecule has 1 atom stereocenters. The number of ether oxygens (including phenoxy) is 3. The highest BCUT2D eigenvalue weighted by atomic mass is 16.7. The van der Waals surface area contributed by atoms with E-state index in [-0.39, 0.29) is 30.4 Å². The fraction of sp³-hybridized carbons (Fsp3) is 0.333. The van der Waals surface area contributed by atoms with Crippen molar-refractivity contribution in [1.29, 1.82) is 5.26 Å². The zero-order valence-corrected chi connectivity index (χ0v) is 13.9. The summed E-state index contributed by atoms with van der Waals surface area (Å²) >= 11 is 0. The van der Waals surface area contributed by atoms with Gasteiger partial charge in [-0.3, -0.25) is 4.79 Å². The zero-order chi connectivity index (χ0) is 17.9. The molecule has 2 aliphatic rings. The molecular weight excluding hydrogens is 336 g/mol. The minimum atomic E-state index is -0.231. The fourth-order valence-corrected chi connectivity index (χ4v) is 3.08. The molecule has 1 amide bonds. The number of nitrogens with zero attached hydrogens (tertiary/aromatic N) is 4. The standard InChI is InChI=1S/C18H16N4O4/c19-9-14-17(21-6-5-20-14)26-13-2-1-7-22(10-13)18(23)12-3-4-15-16(8-12)25-11-24-15/h3-6,8,13H,1-2,7,10-11H2. The average molecular weight is 352 g/mol. The summed E-state index contributed by atoms with van der Waals surface area (Å²) in [4.78, 5) is 22.6. The summed E-state index contributed by atoms with van der Waals surface area (Å²) in [5.41, 5.74) is 0.693. The Morgan fingerprint density at radius 2 is 2.12 bits per heavy atom. The van der Waals surface area contributed by atoms with E-state index >= 15 is 0 Å². The molecule has 1 fully saturated rings. The summed E-state index contributed by atoms with van der Waals surface area (Å²) in [5, 5.41) is 9.09. The summed E-state index contributed by atoms with van der Waals surface area (Å²) < 4.78 is 16.4. The van der Waals surface area contributed by atoms with Gasteiger partial charge in [0.25, 0.3) is 11.8 Å². The van der Waals surface area contributed by atoms with Crippen LogP contribution in [0.5, 0.6) is 17.4 Å². The molecule has 0 N–H and O–H groups in total. The zero-order valence-electron chi connectivity index (χ0n) is 13.9. The van der Waals surface area contributed by atoms with E-state index in [9.17, 15) is 4.79 Å². The summed E-state index contributed by atoms with van der Waals surface area (Å²) in [6.07, 6.45) is 4.29. The largest absolute Gasteiger partial charge is 0.470 e. The lowest BCUT2D eigenvalue weighted by Crippen LogP contribution is -2.44. The van der Waals surface area contributed by atoms with Crippen LogP contribution in [0.3, 0.4) is 0 Å². The van der Waals surface area contributed by atoms with Crippen LogP contribution in [0.2, 0.25) is 0 Å². The van der Waals surface area contributed by atoms with Crippen LogP contribution in [0.4, 0.5) is 0 Å². The fourth-order valence-electron chi connectivity index (χ4n) is 3.08. The number of hydrogen-bond donors (Lipinski definition) is 0. The molecule has 1 unspecified atom stereocenters. The number of carbonyl (C=O) groups excluding carboxylic acids is 1. The van der Waals surface area contributed by atoms with Gasteiger partial charge < -0.3 is 19.1 Å². The average Bonchev–Trinajstić information content (AvgIpc) is 3.16. The van der Waals surface area contributed by atoms with Gasteiger partial charge in [0, 0.05) is 24.5 Å². The number of carbonyl (C=O) groups is 1. The van der Waals surface area contributed by atoms with Crippen molar-refractivity contribution in [1.82, 2.24) is 14.9 Å². The maximum absolute atomic E-state index is 12.8. The van der Waals surface area contributed by atoms with Crippen LogP contribution in [0, 0.1) is 11.3 Å². The normalized spacial score (nSPS) is 18.3. The third-order valence-electron chi connectivity index (χ3n) is 4.33. The van der Waals surface area contributed by atoms with E-state index in [4.69, 9.17) is 19.5 Å². The number of likely N-dealkylation sites (tertiary alicyclic amines) is 1. The molecule has 132 valence electrons. The topological polar surface area (TPSA) is 97.6 Å². The van der Waals surface area contributed by atoms with Crippen molar-refractivity contribution in [3.05, 3.63) is 41.9 Å². The number of hydrogen-bond acceptors (Lipinski definition) is 7. The molecule has 26 heavy (non-hydrogen) atoms. The highest BCUT2D eigenvalue weighted by molar-refractivity contribution is 5.95. The maximum Gasteiger partial charge on any atom is 0.254 e. The molecule has 8 nitrogen and oxygen atoms in total. The van der Waals surface area contributed by atoms with Gasteiger partial charge in [-0.25, -0.2) is 9.97 Å². The second kappa shape index (κ2) is 6.88. The number of rotatable bonds is 3. The van der Waals surface area contributed by atoms with E-state index in [0.717, 1.165) is 12.8 Å². The SMILES string of the molecule is N#Cc1nccnc1OC1CCCN(C(=O)c2ccc3c(c2)OCO3)C1. The van der Waals surface area contributed by atoms with E-state index in [1.54, 1.807) is 23.1 Å². The highest BCUT2D eigenvalue weighted by Crippen LogP contribution is 2.33. The minimum Gasteiger partial charge on any atom is -0.470 e. The van der Waals surface area contributed by atoms with Gasteiger partial charge in [0.1, 0.15) is 12.2 Å². The van der Waals surface area contributed by atoms with Gasteiger partial charge in [0.05, 0.1) is 6.54 Å². The molecule has 0 bridgehead atoms. The van der Waals surface area contributed by atoms with Gasteiger partial charge in [-0.15, -0.1) is 0 Å². The van der Waals surface area contributed by atoms with E-state index in [0.29, 0.717) is 30.2 Å². The molecule has 0 aliphatic carbocycles. The monoisotopic (exact) mass is 352 g/mol. The second-order valence-electron chi connectivity index (χ2n) is 6.02.